The number of carbonyl (C=O) groups is 1. The highest BCUT2D eigenvalue weighted by Crippen LogP contribution is 2.33. The van der Waals surface area contributed by atoms with Gasteiger partial charge in [-0.3, -0.25) is 14.9 Å². The maximum Gasteiger partial charge on any atom is 0.309 e. The van der Waals surface area contributed by atoms with Crippen molar-refractivity contribution in [1.82, 2.24) is 0 Å². The van der Waals surface area contributed by atoms with Crippen molar-refractivity contribution in [2.24, 2.45) is 5.41 Å². The lowest BCUT2D eigenvalue weighted by Gasteiger charge is -2.37. The lowest BCUT2D eigenvalue weighted by molar-refractivity contribution is -0.384. The van der Waals surface area contributed by atoms with Gasteiger partial charge in [-0.25, -0.2) is 0 Å². The summed E-state index contributed by atoms with van der Waals surface area (Å²) >= 11 is 0. The molecule has 0 aliphatic carbocycles. The Balaban J connectivity index is 2.05. The van der Waals surface area contributed by atoms with Crippen LogP contribution in [0.2, 0.25) is 0 Å². The van der Waals surface area contributed by atoms with E-state index in [-0.39, 0.29) is 5.69 Å². The lowest BCUT2D eigenvalue weighted by atomic mass is 9.80. The topological polar surface area (TPSA) is 83.7 Å². The fourth-order valence-electron chi connectivity index (χ4n) is 2.26. The smallest absolute Gasteiger partial charge is 0.309 e. The highest BCUT2D eigenvalue weighted by atomic mass is 16.6. The summed E-state index contributed by atoms with van der Waals surface area (Å²) in [4.78, 5) is 23.4. The molecule has 0 spiro atoms. The van der Waals surface area contributed by atoms with Crippen LogP contribution in [-0.4, -0.2) is 29.1 Å². The molecule has 1 fully saturated rings. The summed E-state index contributed by atoms with van der Waals surface area (Å²) in [6, 6.07) is 6.36. The Kier molecular flexibility index (Phi) is 3.42. The summed E-state index contributed by atoms with van der Waals surface area (Å²) in [5, 5.41) is 19.7. The number of non-ortho nitro benzene ring substituents is 1. The molecule has 0 aromatic heterocycles. The van der Waals surface area contributed by atoms with Crippen molar-refractivity contribution >= 4 is 17.3 Å². The van der Waals surface area contributed by atoms with Crippen LogP contribution in [-0.2, 0) is 4.79 Å². The van der Waals surface area contributed by atoms with Gasteiger partial charge >= 0.3 is 5.97 Å². The van der Waals surface area contributed by atoms with E-state index in [0.29, 0.717) is 25.9 Å². The first kappa shape index (κ1) is 13.3. The van der Waals surface area contributed by atoms with Gasteiger partial charge in [-0.2, -0.15) is 0 Å². The molecule has 2 rings (SSSR count). The highest BCUT2D eigenvalue weighted by Gasteiger charge is 2.36. The Hall–Kier alpha value is -2.11. The fraction of sp³-hybridized carbons (Fsp3) is 0.462. The van der Waals surface area contributed by atoms with Gasteiger partial charge in [0.1, 0.15) is 0 Å². The molecule has 0 atom stereocenters. The first-order valence-corrected chi connectivity index (χ1v) is 6.15. The number of benzene rings is 1. The van der Waals surface area contributed by atoms with Crippen LogP contribution in [0, 0.1) is 15.5 Å². The number of nitrogens with zero attached hydrogens (tertiary/aromatic N) is 2. The van der Waals surface area contributed by atoms with E-state index in [4.69, 9.17) is 5.11 Å². The van der Waals surface area contributed by atoms with Crippen LogP contribution in [0.15, 0.2) is 24.3 Å². The third kappa shape index (κ3) is 2.67. The normalized spacial score (nSPS) is 18.1. The number of nitro benzene ring substituents is 1. The fourth-order valence-corrected chi connectivity index (χ4v) is 2.26. The molecule has 1 saturated heterocycles. The molecule has 1 aliphatic heterocycles. The number of rotatable bonds is 3. The van der Waals surface area contributed by atoms with Gasteiger partial charge in [-0.15, -0.1) is 0 Å². The molecule has 6 heteroatoms. The number of carboxylic acid groups (broad SMARTS) is 1. The minimum atomic E-state index is -0.754. The van der Waals surface area contributed by atoms with E-state index in [1.165, 1.54) is 12.1 Å². The summed E-state index contributed by atoms with van der Waals surface area (Å²) in [7, 11) is 0. The van der Waals surface area contributed by atoms with Crippen LogP contribution in [0.3, 0.4) is 0 Å². The van der Waals surface area contributed by atoms with Crippen molar-refractivity contribution in [3.8, 4) is 0 Å². The molecule has 19 heavy (non-hydrogen) atoms. The third-order valence-electron chi connectivity index (χ3n) is 3.81. The molecule has 1 aromatic carbocycles. The highest BCUT2D eigenvalue weighted by molar-refractivity contribution is 5.74. The van der Waals surface area contributed by atoms with Crippen LogP contribution in [0.4, 0.5) is 11.4 Å². The number of hydrogen-bond acceptors (Lipinski definition) is 4. The number of anilines is 1. The summed E-state index contributed by atoms with van der Waals surface area (Å²) < 4.78 is 0. The van der Waals surface area contributed by atoms with Gasteiger partial charge in [-0.1, -0.05) is 0 Å². The van der Waals surface area contributed by atoms with Gasteiger partial charge in [0.05, 0.1) is 10.3 Å². The molecule has 1 aromatic rings. The van der Waals surface area contributed by atoms with Crippen molar-refractivity contribution < 1.29 is 14.8 Å². The van der Waals surface area contributed by atoms with Crippen LogP contribution < -0.4 is 4.90 Å². The Labute approximate surface area is 110 Å². The quantitative estimate of drug-likeness (QED) is 0.668. The molecule has 0 unspecified atom stereocenters. The lowest BCUT2D eigenvalue weighted by Crippen LogP contribution is -2.42. The summed E-state index contributed by atoms with van der Waals surface area (Å²) in [5.41, 5.74) is 0.311. The zero-order valence-corrected chi connectivity index (χ0v) is 10.7. The molecule has 102 valence electrons. The van der Waals surface area contributed by atoms with Crippen molar-refractivity contribution in [1.29, 1.82) is 0 Å². The molecule has 1 N–H and O–H groups in total. The summed E-state index contributed by atoms with van der Waals surface area (Å²) in [6.07, 6.45) is 1.17. The van der Waals surface area contributed by atoms with Gasteiger partial charge in [0.25, 0.3) is 5.69 Å². The van der Waals surface area contributed by atoms with E-state index >= 15 is 0 Å². The second-order valence-corrected chi connectivity index (χ2v) is 5.13. The maximum atomic E-state index is 11.1. The number of piperidine rings is 1. The third-order valence-corrected chi connectivity index (χ3v) is 3.81. The molecule has 1 aliphatic rings. The van der Waals surface area contributed by atoms with Crippen molar-refractivity contribution in [2.45, 2.75) is 19.8 Å². The van der Waals surface area contributed by atoms with Gasteiger partial charge in [0.15, 0.2) is 0 Å². The molecule has 0 radical (unpaired) electrons. The maximum absolute atomic E-state index is 11.1. The zero-order chi connectivity index (χ0) is 14.0. The van der Waals surface area contributed by atoms with E-state index in [2.05, 4.69) is 4.90 Å². The predicted molar refractivity (Wildman–Crippen MR) is 70.3 cm³/mol. The zero-order valence-electron chi connectivity index (χ0n) is 10.7. The Morgan fingerprint density at radius 1 is 1.32 bits per heavy atom. The minimum Gasteiger partial charge on any atom is -0.481 e. The summed E-state index contributed by atoms with van der Waals surface area (Å²) in [5.74, 6) is -0.754. The van der Waals surface area contributed by atoms with Gasteiger partial charge in [-0.05, 0) is 31.9 Å². The standard InChI is InChI=1S/C13H16N2O4/c1-13(12(16)17)6-8-14(9-7-13)10-2-4-11(5-3-10)15(18)19/h2-5H,6-9H2,1H3,(H,16,17). The van der Waals surface area contributed by atoms with Gasteiger partial charge in [0.2, 0.25) is 0 Å². The van der Waals surface area contributed by atoms with E-state index < -0.39 is 16.3 Å². The van der Waals surface area contributed by atoms with Crippen molar-refractivity contribution in [2.75, 3.05) is 18.0 Å². The van der Waals surface area contributed by atoms with E-state index in [1.807, 2.05) is 0 Å². The van der Waals surface area contributed by atoms with Crippen LogP contribution in [0.5, 0.6) is 0 Å². The van der Waals surface area contributed by atoms with Crippen LogP contribution in [0.1, 0.15) is 19.8 Å². The molecular weight excluding hydrogens is 248 g/mol. The average molecular weight is 264 g/mol. The number of carboxylic acids is 1. The minimum absolute atomic E-state index is 0.0659. The number of nitro groups is 1. The second-order valence-electron chi connectivity index (χ2n) is 5.13. The monoisotopic (exact) mass is 264 g/mol. The molecule has 0 saturated carbocycles. The number of hydrogen-bond donors (Lipinski definition) is 1. The Morgan fingerprint density at radius 3 is 2.26 bits per heavy atom. The van der Waals surface area contributed by atoms with E-state index in [1.54, 1.807) is 19.1 Å². The Bertz CT molecular complexity index is 490. The molecule has 1 heterocycles. The Morgan fingerprint density at radius 2 is 1.84 bits per heavy atom. The largest absolute Gasteiger partial charge is 0.481 e. The van der Waals surface area contributed by atoms with Crippen LogP contribution in [0.25, 0.3) is 0 Å². The van der Waals surface area contributed by atoms with Crippen LogP contribution >= 0.6 is 0 Å². The molecule has 0 amide bonds. The predicted octanol–water partition coefficient (Wildman–Crippen LogP) is 2.29. The van der Waals surface area contributed by atoms with Gasteiger partial charge < -0.3 is 10.0 Å². The van der Waals surface area contributed by atoms with E-state index in [0.717, 1.165) is 5.69 Å². The molecular formula is C13H16N2O4. The molecule has 6 nitrogen and oxygen atoms in total. The van der Waals surface area contributed by atoms with Crippen molar-refractivity contribution in [3.63, 3.8) is 0 Å². The molecule has 0 bridgehead atoms. The van der Waals surface area contributed by atoms with Gasteiger partial charge in [0, 0.05) is 30.9 Å². The van der Waals surface area contributed by atoms with E-state index in [9.17, 15) is 14.9 Å². The first-order valence-electron chi connectivity index (χ1n) is 6.15. The second kappa shape index (κ2) is 4.87. The average Bonchev–Trinajstić information content (AvgIpc) is 2.39. The van der Waals surface area contributed by atoms with Crippen molar-refractivity contribution in [3.05, 3.63) is 34.4 Å². The summed E-state index contributed by atoms with van der Waals surface area (Å²) in [6.45, 7) is 3.07. The number of aliphatic carboxylic acids is 1. The first-order chi connectivity index (χ1) is 8.92. The SMILES string of the molecule is CC1(C(=O)O)CCN(c2ccc([N+](=O)[O-])cc2)CC1.